The van der Waals surface area contributed by atoms with Gasteiger partial charge in [-0.05, 0) is 209 Å². The minimum atomic E-state index is -4.49. The third kappa shape index (κ3) is 15.3. The van der Waals surface area contributed by atoms with Crippen LogP contribution in [-0.4, -0.2) is 159 Å². The monoisotopic (exact) mass is 1370 g/mol. The molecule has 27 heteroatoms. The predicted octanol–water partition coefficient (Wildman–Crippen LogP) is 12.8. The van der Waals surface area contributed by atoms with Gasteiger partial charge in [-0.2, -0.15) is 22.6 Å². The molecule has 4 aliphatic heterocycles. The van der Waals surface area contributed by atoms with Gasteiger partial charge >= 0.3 is 6.18 Å². The van der Waals surface area contributed by atoms with Gasteiger partial charge in [0.2, 0.25) is 20.0 Å². The van der Waals surface area contributed by atoms with Crippen LogP contribution in [0.15, 0.2) is 115 Å². The summed E-state index contributed by atoms with van der Waals surface area (Å²) in [7, 11) is -10.3. The number of fused-ring (bicyclic) bond motifs is 4. The Morgan fingerprint density at radius 3 is 1.12 bits per heavy atom. The highest BCUT2D eigenvalue weighted by molar-refractivity contribution is 7.99. The Morgan fingerprint density at radius 1 is 0.495 bits per heavy atom. The minimum absolute atomic E-state index is 0.140. The standard InChI is InChI=1S/C17H19FN4O2S.C17H21FN2OS.C16H18F4N2OS.C16H21FN2O2S/c1-21-11-14(9-20-21)25(23,24)22-6-4-12(5-7-22)16-10-19-17-8-13(18)2-3-15(16)17;1-22(21,14-3-4-14)20-8-6-12(7-9-20)16-11-19-17-10-13(18)2-5-15(16)17;1-24(23,10-16(18,19)20)22-6-4-11(5-7-22)14-9-21-15-8-12(17)2-3-13(14)15;1-11(2)22(20,21)19-7-5-12(6-8-19)15-10-18-16-9-13(17)3-4-14(15)16/h2-3,8-12,19H,4-7H2,1H3;2,5,10-12,14,19H,1,3-4,6-9H2;2-3,8-9,11,21H,1,4-7,10H2;3-4,9-12,18H,5-8H2,1-2H3. The number of nitrogens with zero attached hydrogens (tertiary/aromatic N) is 6. The van der Waals surface area contributed by atoms with Crippen LogP contribution < -0.4 is 0 Å². The zero-order valence-electron chi connectivity index (χ0n) is 52.1. The largest absolute Gasteiger partial charge is 0.401 e. The van der Waals surface area contributed by atoms with Gasteiger partial charge in [-0.3, -0.25) is 13.1 Å². The lowest BCUT2D eigenvalue weighted by atomic mass is 9.90. The van der Waals surface area contributed by atoms with Crippen LogP contribution in [-0.2, 0) is 46.5 Å². The SMILES string of the molecule is C=S(=O)(C1CC1)N1CCC(c2c[nH]c3cc(F)ccc23)CC1.C=S(=O)(CC(F)(F)F)N1CCC(c2c[nH]c3cc(F)ccc23)CC1.CC(C)S(=O)(=O)N1CCC(c2c[nH]c3cc(F)ccc23)CC1.Cn1cc(S(=O)(=O)N2CCC(c3c[nH]c4cc(F)ccc34)CC2)cn1. The van der Waals surface area contributed by atoms with Gasteiger partial charge in [0.1, 0.15) is 33.9 Å². The lowest BCUT2D eigenvalue weighted by Crippen LogP contribution is -2.42. The number of sulfonamides is 2. The molecule has 9 heterocycles. The molecule has 0 spiro atoms. The molecule has 16 nitrogen and oxygen atoms in total. The summed E-state index contributed by atoms with van der Waals surface area (Å²) < 4.78 is 174. The van der Waals surface area contributed by atoms with Crippen molar-refractivity contribution >= 4 is 94.8 Å². The van der Waals surface area contributed by atoms with Crippen LogP contribution in [0.2, 0.25) is 0 Å². The van der Waals surface area contributed by atoms with E-state index in [4.69, 9.17) is 0 Å². The van der Waals surface area contributed by atoms with Gasteiger partial charge in [-0.1, -0.05) is 0 Å². The van der Waals surface area contributed by atoms with E-state index in [0.29, 0.717) is 74.7 Å². The molecule has 14 rings (SSSR count). The molecule has 5 aromatic heterocycles. The lowest BCUT2D eigenvalue weighted by molar-refractivity contribution is -0.106. The number of nitrogens with one attached hydrogen (secondary N) is 4. The van der Waals surface area contributed by atoms with Gasteiger partial charge in [0.05, 0.1) is 11.4 Å². The highest BCUT2D eigenvalue weighted by Gasteiger charge is 2.39. The van der Waals surface area contributed by atoms with E-state index in [-0.39, 0.29) is 45.3 Å². The lowest BCUT2D eigenvalue weighted by Gasteiger charge is -2.34. The second-order valence-corrected chi connectivity index (χ2v) is 34.7. The summed E-state index contributed by atoms with van der Waals surface area (Å²) in [6, 6.07) is 18.9. The Hall–Kier alpha value is -6.46. The number of halogens is 7. The molecule has 502 valence electrons. The average Bonchev–Trinajstić information content (AvgIpc) is 1.42. The van der Waals surface area contributed by atoms with Crippen molar-refractivity contribution in [3.63, 3.8) is 0 Å². The number of hydrogen-bond donors (Lipinski definition) is 4. The molecule has 5 fully saturated rings. The van der Waals surface area contributed by atoms with Gasteiger partial charge in [-0.25, -0.2) is 47.3 Å². The second-order valence-electron chi connectivity index (χ2n) is 25.4. The second kappa shape index (κ2) is 27.3. The quantitative estimate of drug-likeness (QED) is 0.0689. The van der Waals surface area contributed by atoms with Crippen LogP contribution >= 0.6 is 0 Å². The number of aromatic nitrogens is 6. The number of rotatable bonds is 12. The highest BCUT2D eigenvalue weighted by atomic mass is 32.2. The van der Waals surface area contributed by atoms with Crippen molar-refractivity contribution in [3.8, 4) is 0 Å². The zero-order chi connectivity index (χ0) is 66.4. The summed E-state index contributed by atoms with van der Waals surface area (Å²) in [4.78, 5) is 12.7. The molecule has 0 bridgehead atoms. The molecule has 2 unspecified atom stereocenters. The number of aromatic amines is 4. The molecule has 4 saturated heterocycles. The van der Waals surface area contributed by atoms with Crippen molar-refractivity contribution in [2.24, 2.45) is 7.05 Å². The molecule has 4 N–H and O–H groups in total. The van der Waals surface area contributed by atoms with E-state index in [1.54, 1.807) is 49.5 Å². The van der Waals surface area contributed by atoms with E-state index in [0.717, 1.165) is 119 Å². The number of piperidine rings is 4. The fourth-order valence-corrected chi connectivity index (χ4v) is 20.1. The maximum absolute atomic E-state index is 13.3. The van der Waals surface area contributed by atoms with E-state index in [9.17, 15) is 56.0 Å². The molecule has 93 heavy (non-hydrogen) atoms. The Kier molecular flexibility index (Phi) is 20.0. The summed E-state index contributed by atoms with van der Waals surface area (Å²) in [5.41, 5.74) is 7.71. The van der Waals surface area contributed by atoms with Crippen molar-refractivity contribution in [2.75, 3.05) is 58.1 Å². The Morgan fingerprint density at radius 2 is 0.817 bits per heavy atom. The third-order valence-corrected chi connectivity index (χ3v) is 27.9. The van der Waals surface area contributed by atoms with Crippen LogP contribution in [0.4, 0.5) is 30.7 Å². The summed E-state index contributed by atoms with van der Waals surface area (Å²) in [5, 5.41) is 7.96. The Bertz CT molecular complexity index is 4460. The van der Waals surface area contributed by atoms with E-state index < -0.39 is 51.4 Å². The summed E-state index contributed by atoms with van der Waals surface area (Å²) in [5.74, 6) is 6.06. The first-order valence-electron chi connectivity index (χ1n) is 31.4. The Balaban J connectivity index is 0.000000127. The zero-order valence-corrected chi connectivity index (χ0v) is 55.4. The molecular formula is C66H79F7N10O6S4. The van der Waals surface area contributed by atoms with E-state index in [2.05, 4.69) is 41.1 Å². The molecular weight excluding hydrogens is 1290 g/mol. The van der Waals surface area contributed by atoms with Gasteiger partial charge in [0.15, 0.2) is 0 Å². The van der Waals surface area contributed by atoms with Gasteiger partial charge in [0.25, 0.3) is 0 Å². The predicted molar refractivity (Wildman–Crippen MR) is 356 cm³/mol. The fraction of sp³-hybridized carbons (Fsp3) is 0.439. The van der Waals surface area contributed by atoms with E-state index in [1.807, 2.05) is 30.9 Å². The van der Waals surface area contributed by atoms with Gasteiger partial charge in [-0.15, -0.1) is 0 Å². The normalized spacial score (nSPS) is 19.9. The number of hydrogen-bond acceptors (Lipinski definition) is 7. The van der Waals surface area contributed by atoms with Gasteiger partial charge in [0, 0.05) is 159 Å². The van der Waals surface area contributed by atoms with E-state index in [1.165, 1.54) is 73.7 Å². The van der Waals surface area contributed by atoms with E-state index >= 15 is 0 Å². The smallest absolute Gasteiger partial charge is 0.361 e. The van der Waals surface area contributed by atoms with Gasteiger partial charge < -0.3 is 19.9 Å². The number of benzene rings is 4. The average molecular weight is 1370 g/mol. The number of H-pyrrole nitrogens is 4. The molecule has 4 aromatic carbocycles. The molecule has 1 aliphatic carbocycles. The fourth-order valence-electron chi connectivity index (χ4n) is 13.6. The highest BCUT2D eigenvalue weighted by Crippen LogP contribution is 2.40. The first-order valence-corrected chi connectivity index (χ1v) is 37.9. The summed E-state index contributed by atoms with van der Waals surface area (Å²) in [6.07, 6.45) is 14.5. The van der Waals surface area contributed by atoms with Crippen LogP contribution in [0.5, 0.6) is 0 Å². The van der Waals surface area contributed by atoms with Crippen molar-refractivity contribution in [2.45, 2.75) is 123 Å². The summed E-state index contributed by atoms with van der Waals surface area (Å²) in [6.45, 7) is 7.78. The van der Waals surface area contributed by atoms with Crippen LogP contribution in [0.1, 0.15) is 124 Å². The first-order chi connectivity index (χ1) is 44.0. The van der Waals surface area contributed by atoms with Crippen molar-refractivity contribution in [3.05, 3.63) is 156 Å². The molecule has 9 aromatic rings. The van der Waals surface area contributed by atoms with Crippen molar-refractivity contribution in [1.29, 1.82) is 0 Å². The number of alkyl halides is 3. The molecule has 2 atom stereocenters. The van der Waals surface area contributed by atoms with Crippen LogP contribution in [0.25, 0.3) is 43.6 Å². The maximum Gasteiger partial charge on any atom is 0.401 e. The third-order valence-electron chi connectivity index (χ3n) is 18.9. The summed E-state index contributed by atoms with van der Waals surface area (Å²) >= 11 is 0. The number of aryl methyl sites for hydroxylation is 1. The minimum Gasteiger partial charge on any atom is -0.361 e. The van der Waals surface area contributed by atoms with Crippen molar-refractivity contribution in [1.82, 2.24) is 46.9 Å². The Labute approximate surface area is 538 Å². The molecule has 0 radical (unpaired) electrons. The first kappa shape index (κ1) is 67.9. The topological polar surface area (TPSA) is 196 Å². The maximum atomic E-state index is 13.3. The molecule has 0 amide bonds. The molecule has 5 aliphatic rings. The molecule has 1 saturated carbocycles. The van der Waals surface area contributed by atoms with Crippen molar-refractivity contribution < 1.29 is 56.0 Å². The van der Waals surface area contributed by atoms with Crippen LogP contribution in [0.3, 0.4) is 0 Å². The van der Waals surface area contributed by atoms with Crippen LogP contribution in [0, 0.1) is 23.3 Å².